The molecule has 0 radical (unpaired) electrons. The third kappa shape index (κ3) is 3.59. The Kier molecular flexibility index (Phi) is 4.62. The van der Waals surface area contributed by atoms with Crippen LogP contribution in [-0.4, -0.2) is 54.2 Å². The highest BCUT2D eigenvalue weighted by molar-refractivity contribution is 5.34. The number of hydrogen-bond acceptors (Lipinski definition) is 5. The molecule has 1 N–H and O–H groups in total. The van der Waals surface area contributed by atoms with E-state index in [1.165, 1.54) is 0 Å². The molecular formula is C10H14N4O. The van der Waals surface area contributed by atoms with Crippen molar-refractivity contribution in [1.29, 1.82) is 10.5 Å². The first kappa shape index (κ1) is 11.5. The lowest BCUT2D eigenvalue weighted by Crippen LogP contribution is -2.45. The topological polar surface area (TPSA) is 74.3 Å². The standard InChI is InChI=1S/C10H14N4O/c11-7-10(8-12)9-14-3-1-13(2-4-14)5-6-15/h9,15H,1-6H2. The van der Waals surface area contributed by atoms with Crippen molar-refractivity contribution in [2.45, 2.75) is 0 Å². The highest BCUT2D eigenvalue weighted by Crippen LogP contribution is 2.03. The van der Waals surface area contributed by atoms with Gasteiger partial charge in [0.05, 0.1) is 6.61 Å². The SMILES string of the molecule is N#CC(C#N)=CN1CCN(CCO)CC1. The summed E-state index contributed by atoms with van der Waals surface area (Å²) in [5.74, 6) is 0. The molecule has 5 heteroatoms. The smallest absolute Gasteiger partial charge is 0.145 e. The molecule has 0 unspecified atom stereocenters. The van der Waals surface area contributed by atoms with Gasteiger partial charge >= 0.3 is 0 Å². The van der Waals surface area contributed by atoms with Crippen molar-refractivity contribution in [3.63, 3.8) is 0 Å². The van der Waals surface area contributed by atoms with E-state index in [0.29, 0.717) is 6.54 Å². The van der Waals surface area contributed by atoms with E-state index < -0.39 is 0 Å². The Hall–Kier alpha value is -1.56. The van der Waals surface area contributed by atoms with E-state index in [-0.39, 0.29) is 12.2 Å². The molecule has 0 saturated carbocycles. The number of rotatable bonds is 3. The van der Waals surface area contributed by atoms with Crippen LogP contribution in [0.15, 0.2) is 11.8 Å². The Morgan fingerprint density at radius 1 is 1.20 bits per heavy atom. The van der Waals surface area contributed by atoms with Gasteiger partial charge in [0.1, 0.15) is 17.7 Å². The van der Waals surface area contributed by atoms with Crippen molar-refractivity contribution >= 4 is 0 Å². The highest BCUT2D eigenvalue weighted by atomic mass is 16.3. The van der Waals surface area contributed by atoms with Gasteiger partial charge in [-0.05, 0) is 0 Å². The maximum absolute atomic E-state index is 8.75. The third-order valence-electron chi connectivity index (χ3n) is 2.38. The van der Waals surface area contributed by atoms with Gasteiger partial charge in [0.15, 0.2) is 0 Å². The average molecular weight is 206 g/mol. The van der Waals surface area contributed by atoms with Crippen LogP contribution >= 0.6 is 0 Å². The van der Waals surface area contributed by atoms with E-state index in [0.717, 1.165) is 26.2 Å². The molecule has 1 rings (SSSR count). The van der Waals surface area contributed by atoms with Crippen molar-refractivity contribution in [3.05, 3.63) is 11.8 Å². The van der Waals surface area contributed by atoms with Crippen LogP contribution in [0.3, 0.4) is 0 Å². The number of piperazine rings is 1. The number of nitrogens with zero attached hydrogens (tertiary/aromatic N) is 4. The van der Waals surface area contributed by atoms with Crippen molar-refractivity contribution in [2.75, 3.05) is 39.3 Å². The summed E-state index contributed by atoms with van der Waals surface area (Å²) in [5, 5.41) is 25.9. The largest absolute Gasteiger partial charge is 0.395 e. The van der Waals surface area contributed by atoms with Crippen LogP contribution in [0.4, 0.5) is 0 Å². The summed E-state index contributed by atoms with van der Waals surface area (Å²) in [6.07, 6.45) is 1.61. The second-order valence-corrected chi connectivity index (χ2v) is 3.37. The van der Waals surface area contributed by atoms with Gasteiger partial charge in [-0.15, -0.1) is 0 Å². The maximum Gasteiger partial charge on any atom is 0.145 e. The molecule has 1 aliphatic rings. The summed E-state index contributed by atoms with van der Waals surface area (Å²) in [4.78, 5) is 4.12. The molecule has 1 fully saturated rings. The first-order valence-corrected chi connectivity index (χ1v) is 4.89. The molecule has 0 spiro atoms. The van der Waals surface area contributed by atoms with E-state index in [2.05, 4.69) is 4.90 Å². The molecule has 0 aliphatic carbocycles. The molecule has 0 aromatic carbocycles. The summed E-state index contributed by atoms with van der Waals surface area (Å²) < 4.78 is 0. The zero-order valence-electron chi connectivity index (χ0n) is 8.56. The molecule has 0 aromatic rings. The van der Waals surface area contributed by atoms with E-state index >= 15 is 0 Å². The second kappa shape index (κ2) is 6.02. The van der Waals surface area contributed by atoms with E-state index in [1.54, 1.807) is 6.20 Å². The van der Waals surface area contributed by atoms with Gasteiger partial charge in [0, 0.05) is 38.9 Å². The molecule has 0 bridgehead atoms. The average Bonchev–Trinajstić information content (AvgIpc) is 2.28. The molecule has 1 aliphatic heterocycles. The van der Waals surface area contributed by atoms with Crippen LogP contribution in [0.2, 0.25) is 0 Å². The van der Waals surface area contributed by atoms with Crippen LogP contribution in [0, 0.1) is 22.7 Å². The Bertz CT molecular complexity index is 288. The fraction of sp³-hybridized carbons (Fsp3) is 0.600. The molecule has 15 heavy (non-hydrogen) atoms. The summed E-state index contributed by atoms with van der Waals surface area (Å²) in [7, 11) is 0. The maximum atomic E-state index is 8.75. The molecule has 0 amide bonds. The lowest BCUT2D eigenvalue weighted by Gasteiger charge is -2.33. The van der Waals surface area contributed by atoms with Crippen LogP contribution in [0.1, 0.15) is 0 Å². The fourth-order valence-electron chi connectivity index (χ4n) is 1.52. The molecule has 0 atom stereocenters. The summed E-state index contributed by atoms with van der Waals surface area (Å²) in [6.45, 7) is 4.19. The number of aliphatic hydroxyl groups is 1. The normalized spacial score (nSPS) is 16.6. The van der Waals surface area contributed by atoms with E-state index in [1.807, 2.05) is 17.0 Å². The molecule has 1 saturated heterocycles. The van der Waals surface area contributed by atoms with Gasteiger partial charge in [0.25, 0.3) is 0 Å². The van der Waals surface area contributed by atoms with Crippen molar-refractivity contribution < 1.29 is 5.11 Å². The fourth-order valence-corrected chi connectivity index (χ4v) is 1.52. The van der Waals surface area contributed by atoms with Gasteiger partial charge in [-0.3, -0.25) is 4.90 Å². The summed E-state index contributed by atoms with van der Waals surface area (Å²) in [5.41, 5.74) is 0.144. The van der Waals surface area contributed by atoms with E-state index in [4.69, 9.17) is 15.6 Å². The third-order valence-corrected chi connectivity index (χ3v) is 2.38. The van der Waals surface area contributed by atoms with Crippen molar-refractivity contribution in [2.24, 2.45) is 0 Å². The number of nitriles is 2. The Balaban J connectivity index is 2.42. The lowest BCUT2D eigenvalue weighted by atomic mass is 10.3. The zero-order chi connectivity index (χ0) is 11.1. The Labute approximate surface area is 89.4 Å². The monoisotopic (exact) mass is 206 g/mol. The minimum absolute atomic E-state index is 0.144. The molecular weight excluding hydrogens is 192 g/mol. The minimum atomic E-state index is 0.144. The first-order chi connectivity index (χ1) is 7.30. The summed E-state index contributed by atoms with van der Waals surface area (Å²) in [6, 6.07) is 3.68. The van der Waals surface area contributed by atoms with Gasteiger partial charge in [-0.2, -0.15) is 10.5 Å². The molecule has 0 aromatic heterocycles. The number of hydrogen-bond donors (Lipinski definition) is 1. The summed E-state index contributed by atoms with van der Waals surface area (Å²) >= 11 is 0. The number of allylic oxidation sites excluding steroid dienone is 1. The van der Waals surface area contributed by atoms with Gasteiger partial charge in [-0.1, -0.05) is 0 Å². The van der Waals surface area contributed by atoms with Crippen LogP contribution in [0.25, 0.3) is 0 Å². The first-order valence-electron chi connectivity index (χ1n) is 4.89. The van der Waals surface area contributed by atoms with Gasteiger partial charge < -0.3 is 10.0 Å². The van der Waals surface area contributed by atoms with Crippen molar-refractivity contribution in [1.82, 2.24) is 9.80 Å². The van der Waals surface area contributed by atoms with Crippen molar-refractivity contribution in [3.8, 4) is 12.1 Å². The molecule has 1 heterocycles. The predicted octanol–water partition coefficient (Wildman–Crippen LogP) is -0.473. The molecule has 80 valence electrons. The quantitative estimate of drug-likeness (QED) is 0.632. The number of β-amino-alcohol motifs (C(OH)–C–C–N with tert-alkyl or cyclic N) is 1. The number of aliphatic hydroxyl groups excluding tert-OH is 1. The second-order valence-electron chi connectivity index (χ2n) is 3.37. The zero-order valence-corrected chi connectivity index (χ0v) is 8.56. The van der Waals surface area contributed by atoms with Gasteiger partial charge in [-0.25, -0.2) is 0 Å². The van der Waals surface area contributed by atoms with Gasteiger partial charge in [0.2, 0.25) is 0 Å². The lowest BCUT2D eigenvalue weighted by molar-refractivity contribution is 0.138. The van der Waals surface area contributed by atoms with Crippen LogP contribution in [-0.2, 0) is 0 Å². The Morgan fingerprint density at radius 2 is 1.80 bits per heavy atom. The van der Waals surface area contributed by atoms with E-state index in [9.17, 15) is 0 Å². The minimum Gasteiger partial charge on any atom is -0.395 e. The molecule has 5 nitrogen and oxygen atoms in total. The predicted molar refractivity (Wildman–Crippen MR) is 54.4 cm³/mol. The Morgan fingerprint density at radius 3 is 2.27 bits per heavy atom. The highest BCUT2D eigenvalue weighted by Gasteiger charge is 2.14. The van der Waals surface area contributed by atoms with Crippen LogP contribution in [0.5, 0.6) is 0 Å². The van der Waals surface area contributed by atoms with Crippen LogP contribution < -0.4 is 0 Å².